The van der Waals surface area contributed by atoms with Gasteiger partial charge in [-0.25, -0.2) is 4.98 Å². The molecule has 2 N–H and O–H groups in total. The molecule has 0 radical (unpaired) electrons. The number of aromatic nitrogens is 2. The van der Waals surface area contributed by atoms with Gasteiger partial charge in [-0.3, -0.25) is 9.78 Å². The van der Waals surface area contributed by atoms with Gasteiger partial charge in [0.2, 0.25) is 0 Å². The van der Waals surface area contributed by atoms with Crippen molar-refractivity contribution in [3.05, 3.63) is 59.7 Å². The molecule has 1 heterocycles. The van der Waals surface area contributed by atoms with Crippen LogP contribution in [0.1, 0.15) is 21.7 Å². The summed E-state index contributed by atoms with van der Waals surface area (Å²) < 4.78 is 0. The quantitative estimate of drug-likeness (QED) is 0.891. The van der Waals surface area contributed by atoms with Gasteiger partial charge in [0.15, 0.2) is 0 Å². The van der Waals surface area contributed by atoms with Crippen LogP contribution in [-0.2, 0) is 6.54 Å². The van der Waals surface area contributed by atoms with E-state index in [1.165, 1.54) is 6.20 Å². The molecule has 0 atom stereocenters. The number of nitrogens with zero attached hydrogens (tertiary/aromatic N) is 3. The van der Waals surface area contributed by atoms with E-state index in [1.54, 1.807) is 11.1 Å². The van der Waals surface area contributed by atoms with Gasteiger partial charge in [0.1, 0.15) is 5.69 Å². The fraction of sp³-hybridized carbons (Fsp3) is 0.267. The lowest BCUT2D eigenvalue weighted by Crippen LogP contribution is -2.35. The molecule has 5 heteroatoms. The van der Waals surface area contributed by atoms with Crippen LogP contribution < -0.4 is 5.73 Å². The second kappa shape index (κ2) is 6.77. The highest BCUT2D eigenvalue weighted by molar-refractivity contribution is 5.91. The molecule has 1 aromatic heterocycles. The molecule has 2 aromatic rings. The number of hydrogen-bond donors (Lipinski definition) is 1. The number of rotatable bonds is 5. The number of carbonyl (C=O) groups is 1. The van der Waals surface area contributed by atoms with Crippen LogP contribution in [0.4, 0.5) is 0 Å². The van der Waals surface area contributed by atoms with E-state index < -0.39 is 0 Å². The lowest BCUT2D eigenvalue weighted by molar-refractivity contribution is 0.0742. The summed E-state index contributed by atoms with van der Waals surface area (Å²) in [5.41, 5.74) is 7.79. The predicted octanol–water partition coefficient (Wildman–Crippen LogP) is 1.39. The summed E-state index contributed by atoms with van der Waals surface area (Å²) in [5, 5.41) is 0. The van der Waals surface area contributed by atoms with Crippen LogP contribution in [0.3, 0.4) is 0 Å². The largest absolute Gasteiger partial charge is 0.332 e. The van der Waals surface area contributed by atoms with Gasteiger partial charge < -0.3 is 10.6 Å². The number of nitrogens with two attached hydrogens (primary N) is 1. The summed E-state index contributed by atoms with van der Waals surface area (Å²) in [5.74, 6) is -0.146. The van der Waals surface area contributed by atoms with Crippen molar-refractivity contribution >= 4 is 5.91 Å². The SMILES string of the molecule is Cc1cnc(C(=O)N(CCN)Cc2ccccc2)cn1. The fourth-order valence-electron chi connectivity index (χ4n) is 1.88. The standard InChI is InChI=1S/C15H18N4O/c1-12-9-18-14(10-17-12)15(20)19(8-7-16)11-13-5-3-2-4-6-13/h2-6,9-10H,7-8,11,16H2,1H3. The highest BCUT2D eigenvalue weighted by atomic mass is 16.2. The predicted molar refractivity (Wildman–Crippen MR) is 77.0 cm³/mol. The molecule has 0 saturated heterocycles. The van der Waals surface area contributed by atoms with Gasteiger partial charge in [0.05, 0.1) is 11.9 Å². The highest BCUT2D eigenvalue weighted by Crippen LogP contribution is 2.08. The number of hydrogen-bond acceptors (Lipinski definition) is 4. The first-order chi connectivity index (χ1) is 9.70. The third kappa shape index (κ3) is 3.61. The van der Waals surface area contributed by atoms with Crippen molar-refractivity contribution in [2.75, 3.05) is 13.1 Å². The minimum Gasteiger partial charge on any atom is -0.332 e. The monoisotopic (exact) mass is 270 g/mol. The first kappa shape index (κ1) is 14.1. The van der Waals surface area contributed by atoms with Crippen LogP contribution >= 0.6 is 0 Å². The van der Waals surface area contributed by atoms with Crippen molar-refractivity contribution < 1.29 is 4.79 Å². The molecule has 0 aliphatic rings. The van der Waals surface area contributed by atoms with E-state index in [9.17, 15) is 4.79 Å². The molecule has 1 amide bonds. The minimum absolute atomic E-state index is 0.146. The normalized spacial score (nSPS) is 10.3. The lowest BCUT2D eigenvalue weighted by Gasteiger charge is -2.21. The van der Waals surface area contributed by atoms with E-state index in [2.05, 4.69) is 9.97 Å². The van der Waals surface area contributed by atoms with Crippen molar-refractivity contribution in [1.29, 1.82) is 0 Å². The van der Waals surface area contributed by atoms with Crippen LogP contribution in [0.25, 0.3) is 0 Å². The highest BCUT2D eigenvalue weighted by Gasteiger charge is 2.16. The molecule has 0 fully saturated rings. The summed E-state index contributed by atoms with van der Waals surface area (Å²) in [6.07, 6.45) is 3.10. The van der Waals surface area contributed by atoms with E-state index in [0.29, 0.717) is 25.3 Å². The zero-order chi connectivity index (χ0) is 14.4. The average Bonchev–Trinajstić information content (AvgIpc) is 2.48. The average molecular weight is 270 g/mol. The van der Waals surface area contributed by atoms with Crippen molar-refractivity contribution in [3.63, 3.8) is 0 Å². The first-order valence-corrected chi connectivity index (χ1v) is 6.52. The van der Waals surface area contributed by atoms with E-state index in [1.807, 2.05) is 37.3 Å². The van der Waals surface area contributed by atoms with Gasteiger partial charge in [-0.05, 0) is 12.5 Å². The van der Waals surface area contributed by atoms with Crippen molar-refractivity contribution in [1.82, 2.24) is 14.9 Å². The molecule has 5 nitrogen and oxygen atoms in total. The number of carbonyl (C=O) groups excluding carboxylic acids is 1. The third-order valence-corrected chi connectivity index (χ3v) is 2.90. The number of benzene rings is 1. The fourth-order valence-corrected chi connectivity index (χ4v) is 1.88. The van der Waals surface area contributed by atoms with Gasteiger partial charge in [-0.2, -0.15) is 0 Å². The molecule has 1 aromatic carbocycles. The van der Waals surface area contributed by atoms with Crippen molar-refractivity contribution in [2.45, 2.75) is 13.5 Å². The molecule has 0 aliphatic heterocycles. The summed E-state index contributed by atoms with van der Waals surface area (Å²) in [4.78, 5) is 22.3. The van der Waals surface area contributed by atoms with Crippen molar-refractivity contribution in [3.8, 4) is 0 Å². The number of amides is 1. The van der Waals surface area contributed by atoms with Crippen molar-refractivity contribution in [2.24, 2.45) is 5.73 Å². The second-order valence-electron chi connectivity index (χ2n) is 4.54. The maximum absolute atomic E-state index is 12.4. The van der Waals surface area contributed by atoms with Gasteiger partial charge in [-0.1, -0.05) is 30.3 Å². The Kier molecular flexibility index (Phi) is 4.79. The van der Waals surface area contributed by atoms with Gasteiger partial charge in [-0.15, -0.1) is 0 Å². The second-order valence-corrected chi connectivity index (χ2v) is 4.54. The summed E-state index contributed by atoms with van der Waals surface area (Å²) in [6, 6.07) is 9.82. The lowest BCUT2D eigenvalue weighted by atomic mass is 10.2. The summed E-state index contributed by atoms with van der Waals surface area (Å²) >= 11 is 0. The topological polar surface area (TPSA) is 72.1 Å². The molecule has 2 rings (SSSR count). The molecule has 0 unspecified atom stereocenters. The van der Waals surface area contributed by atoms with Gasteiger partial charge in [0.25, 0.3) is 5.91 Å². The molecular formula is C15H18N4O. The minimum atomic E-state index is -0.146. The Morgan fingerprint density at radius 1 is 1.20 bits per heavy atom. The molecule has 104 valence electrons. The maximum atomic E-state index is 12.4. The first-order valence-electron chi connectivity index (χ1n) is 6.52. The Morgan fingerprint density at radius 3 is 2.55 bits per heavy atom. The Morgan fingerprint density at radius 2 is 1.95 bits per heavy atom. The Hall–Kier alpha value is -2.27. The maximum Gasteiger partial charge on any atom is 0.274 e. The third-order valence-electron chi connectivity index (χ3n) is 2.90. The summed E-state index contributed by atoms with van der Waals surface area (Å²) in [7, 11) is 0. The van der Waals surface area contributed by atoms with Crippen LogP contribution in [0.15, 0.2) is 42.7 Å². The Balaban J connectivity index is 2.15. The smallest absolute Gasteiger partial charge is 0.274 e. The van der Waals surface area contributed by atoms with Crippen LogP contribution in [0, 0.1) is 6.92 Å². The van der Waals surface area contributed by atoms with Gasteiger partial charge in [0, 0.05) is 25.8 Å². The Bertz CT molecular complexity index is 554. The number of aryl methyl sites for hydroxylation is 1. The zero-order valence-corrected chi connectivity index (χ0v) is 11.5. The van der Waals surface area contributed by atoms with E-state index in [4.69, 9.17) is 5.73 Å². The van der Waals surface area contributed by atoms with Crippen LogP contribution in [0.5, 0.6) is 0 Å². The summed E-state index contributed by atoms with van der Waals surface area (Å²) in [6.45, 7) is 3.26. The molecular weight excluding hydrogens is 252 g/mol. The molecule has 0 saturated carbocycles. The zero-order valence-electron chi connectivity index (χ0n) is 11.5. The Labute approximate surface area is 118 Å². The van der Waals surface area contributed by atoms with E-state index >= 15 is 0 Å². The molecule has 0 bridgehead atoms. The van der Waals surface area contributed by atoms with Crippen LogP contribution in [-0.4, -0.2) is 33.9 Å². The van der Waals surface area contributed by atoms with Gasteiger partial charge >= 0.3 is 0 Å². The molecule has 0 aliphatic carbocycles. The van der Waals surface area contributed by atoms with E-state index in [0.717, 1.165) is 11.3 Å². The van der Waals surface area contributed by atoms with E-state index in [-0.39, 0.29) is 5.91 Å². The molecule has 0 spiro atoms. The van der Waals surface area contributed by atoms with Crippen LogP contribution in [0.2, 0.25) is 0 Å². The molecule has 20 heavy (non-hydrogen) atoms.